The van der Waals surface area contributed by atoms with Crippen molar-refractivity contribution in [3.63, 3.8) is 0 Å². The molecule has 2 rings (SSSR count). The van der Waals surface area contributed by atoms with Crippen molar-refractivity contribution in [2.45, 2.75) is 19.4 Å². The summed E-state index contributed by atoms with van der Waals surface area (Å²) in [6, 6.07) is 11.5. The number of ether oxygens (including phenoxy) is 1. The number of hydrogen-bond acceptors (Lipinski definition) is 3. The molecule has 19 heavy (non-hydrogen) atoms. The van der Waals surface area contributed by atoms with E-state index < -0.39 is 12.0 Å². The molecule has 0 aliphatic carbocycles. The zero-order valence-corrected chi connectivity index (χ0v) is 10.8. The number of carbonyl (C=O) groups is 1. The number of nitrogens with two attached hydrogens (primary N) is 1. The second kappa shape index (κ2) is 5.71. The highest BCUT2D eigenvalue weighted by atomic mass is 16.5. The first-order chi connectivity index (χ1) is 9.09. The van der Waals surface area contributed by atoms with E-state index in [1.165, 1.54) is 0 Å². The highest BCUT2D eigenvalue weighted by Crippen LogP contribution is 2.33. The lowest BCUT2D eigenvalue weighted by Gasteiger charge is -2.15. The van der Waals surface area contributed by atoms with Gasteiger partial charge in [0.1, 0.15) is 5.75 Å². The number of aliphatic hydroxyl groups is 1. The van der Waals surface area contributed by atoms with Gasteiger partial charge in [0.25, 0.3) is 0 Å². The van der Waals surface area contributed by atoms with Gasteiger partial charge < -0.3 is 15.6 Å². The SMILES string of the molecule is C[C@H](O)c1ccc2ccccc2c1OCCC(N)=O. The molecule has 100 valence electrons. The molecule has 0 saturated heterocycles. The van der Waals surface area contributed by atoms with Crippen LogP contribution in [0.3, 0.4) is 0 Å². The average molecular weight is 259 g/mol. The lowest BCUT2D eigenvalue weighted by molar-refractivity contribution is -0.118. The van der Waals surface area contributed by atoms with Crippen LogP contribution in [-0.2, 0) is 4.79 Å². The molecule has 0 saturated carbocycles. The van der Waals surface area contributed by atoms with Crippen molar-refractivity contribution in [2.24, 2.45) is 5.73 Å². The third-order valence-electron chi connectivity index (χ3n) is 2.96. The van der Waals surface area contributed by atoms with E-state index in [-0.39, 0.29) is 13.0 Å². The molecule has 1 atom stereocenters. The Morgan fingerprint density at radius 1 is 1.32 bits per heavy atom. The summed E-state index contributed by atoms with van der Waals surface area (Å²) < 4.78 is 5.66. The largest absolute Gasteiger partial charge is 0.492 e. The van der Waals surface area contributed by atoms with Crippen LogP contribution in [0.2, 0.25) is 0 Å². The van der Waals surface area contributed by atoms with E-state index in [2.05, 4.69) is 0 Å². The fourth-order valence-corrected chi connectivity index (χ4v) is 2.00. The number of hydrogen-bond donors (Lipinski definition) is 2. The zero-order valence-electron chi connectivity index (χ0n) is 10.8. The minimum atomic E-state index is -0.631. The topological polar surface area (TPSA) is 72.6 Å². The number of aliphatic hydroxyl groups excluding tert-OH is 1. The Morgan fingerprint density at radius 3 is 2.74 bits per heavy atom. The molecular formula is C15H17NO3. The molecule has 0 aliphatic rings. The molecule has 0 fully saturated rings. The number of fused-ring (bicyclic) bond motifs is 1. The Labute approximate surface area is 111 Å². The third kappa shape index (κ3) is 3.03. The monoisotopic (exact) mass is 259 g/mol. The molecule has 4 heteroatoms. The first-order valence-electron chi connectivity index (χ1n) is 6.20. The molecule has 3 N–H and O–H groups in total. The fraction of sp³-hybridized carbons (Fsp3) is 0.267. The third-order valence-corrected chi connectivity index (χ3v) is 2.96. The first-order valence-corrected chi connectivity index (χ1v) is 6.20. The van der Waals surface area contributed by atoms with Gasteiger partial charge in [0.05, 0.1) is 19.1 Å². The second-order valence-electron chi connectivity index (χ2n) is 4.45. The molecule has 2 aromatic rings. The van der Waals surface area contributed by atoms with Crippen LogP contribution in [0, 0.1) is 0 Å². The van der Waals surface area contributed by atoms with Gasteiger partial charge in [-0.25, -0.2) is 0 Å². The van der Waals surface area contributed by atoms with E-state index >= 15 is 0 Å². The van der Waals surface area contributed by atoms with Crippen molar-refractivity contribution >= 4 is 16.7 Å². The van der Waals surface area contributed by atoms with Crippen molar-refractivity contribution in [1.29, 1.82) is 0 Å². The van der Waals surface area contributed by atoms with Crippen molar-refractivity contribution < 1.29 is 14.6 Å². The summed E-state index contributed by atoms with van der Waals surface area (Å²) in [5, 5.41) is 11.8. The molecule has 0 spiro atoms. The van der Waals surface area contributed by atoms with Gasteiger partial charge in [-0.05, 0) is 12.3 Å². The van der Waals surface area contributed by atoms with E-state index in [1.807, 2.05) is 36.4 Å². The normalized spacial score (nSPS) is 12.3. The first kappa shape index (κ1) is 13.4. The predicted octanol–water partition coefficient (Wildman–Crippen LogP) is 2.15. The van der Waals surface area contributed by atoms with E-state index in [0.29, 0.717) is 11.3 Å². The molecule has 0 radical (unpaired) electrons. The van der Waals surface area contributed by atoms with Gasteiger partial charge in [-0.2, -0.15) is 0 Å². The molecule has 0 aromatic heterocycles. The van der Waals surface area contributed by atoms with Gasteiger partial charge >= 0.3 is 0 Å². The molecule has 0 bridgehead atoms. The lowest BCUT2D eigenvalue weighted by atomic mass is 10.0. The Kier molecular flexibility index (Phi) is 4.02. The van der Waals surface area contributed by atoms with Gasteiger partial charge in [0.2, 0.25) is 5.91 Å². The van der Waals surface area contributed by atoms with Gasteiger partial charge in [-0.15, -0.1) is 0 Å². The summed E-state index contributed by atoms with van der Waals surface area (Å²) in [6.07, 6.45) is -0.476. The maximum Gasteiger partial charge on any atom is 0.220 e. The maximum atomic E-state index is 10.8. The van der Waals surface area contributed by atoms with E-state index in [4.69, 9.17) is 10.5 Å². The summed E-state index contributed by atoms with van der Waals surface area (Å²) in [7, 11) is 0. The van der Waals surface area contributed by atoms with Crippen LogP contribution in [0.1, 0.15) is 25.0 Å². The number of benzene rings is 2. The smallest absolute Gasteiger partial charge is 0.220 e. The van der Waals surface area contributed by atoms with E-state index in [0.717, 1.165) is 10.8 Å². The quantitative estimate of drug-likeness (QED) is 0.864. The standard InChI is InChI=1S/C15H17NO3/c1-10(17)12-7-6-11-4-2-3-5-13(11)15(12)19-9-8-14(16)18/h2-7,10,17H,8-9H2,1H3,(H2,16,18)/t10-/m0/s1. The van der Waals surface area contributed by atoms with E-state index in [1.54, 1.807) is 6.92 Å². The Bertz CT molecular complexity index is 593. The zero-order chi connectivity index (χ0) is 13.8. The van der Waals surface area contributed by atoms with Crippen LogP contribution in [0.5, 0.6) is 5.75 Å². The second-order valence-corrected chi connectivity index (χ2v) is 4.45. The summed E-state index contributed by atoms with van der Waals surface area (Å²) >= 11 is 0. The van der Waals surface area contributed by atoms with Crippen LogP contribution < -0.4 is 10.5 Å². The van der Waals surface area contributed by atoms with Gasteiger partial charge in [-0.1, -0.05) is 36.4 Å². The predicted molar refractivity (Wildman–Crippen MR) is 73.9 cm³/mol. The maximum absolute atomic E-state index is 10.8. The van der Waals surface area contributed by atoms with Crippen molar-refractivity contribution in [2.75, 3.05) is 6.61 Å². The summed E-state index contributed by atoms with van der Waals surface area (Å²) in [4.78, 5) is 10.8. The average Bonchev–Trinajstić information content (AvgIpc) is 2.38. The highest BCUT2D eigenvalue weighted by molar-refractivity contribution is 5.89. The minimum Gasteiger partial charge on any atom is -0.492 e. The van der Waals surface area contributed by atoms with Crippen molar-refractivity contribution in [3.8, 4) is 5.75 Å². The summed E-state index contributed by atoms with van der Waals surface area (Å²) in [5.74, 6) is 0.216. The van der Waals surface area contributed by atoms with Crippen LogP contribution in [0.25, 0.3) is 10.8 Å². The number of amides is 1. The Balaban J connectivity index is 2.40. The summed E-state index contributed by atoms with van der Waals surface area (Å²) in [5.41, 5.74) is 5.81. The molecule has 4 nitrogen and oxygen atoms in total. The molecule has 1 amide bonds. The molecule has 0 unspecified atom stereocenters. The van der Waals surface area contributed by atoms with Crippen LogP contribution >= 0.6 is 0 Å². The van der Waals surface area contributed by atoms with Crippen molar-refractivity contribution in [3.05, 3.63) is 42.0 Å². The van der Waals surface area contributed by atoms with Gasteiger partial charge in [0.15, 0.2) is 0 Å². The fourth-order valence-electron chi connectivity index (χ4n) is 2.00. The molecular weight excluding hydrogens is 242 g/mol. The van der Waals surface area contributed by atoms with Crippen LogP contribution in [0.4, 0.5) is 0 Å². The van der Waals surface area contributed by atoms with Crippen LogP contribution in [-0.4, -0.2) is 17.6 Å². The molecule has 0 heterocycles. The Hall–Kier alpha value is -2.07. The minimum absolute atomic E-state index is 0.155. The van der Waals surface area contributed by atoms with Crippen molar-refractivity contribution in [1.82, 2.24) is 0 Å². The number of carbonyl (C=O) groups excluding carboxylic acids is 1. The number of rotatable bonds is 5. The van der Waals surface area contributed by atoms with E-state index in [9.17, 15) is 9.90 Å². The molecule has 2 aromatic carbocycles. The number of primary amides is 1. The van der Waals surface area contributed by atoms with Gasteiger partial charge in [-0.3, -0.25) is 4.79 Å². The van der Waals surface area contributed by atoms with Crippen LogP contribution in [0.15, 0.2) is 36.4 Å². The molecule has 0 aliphatic heterocycles. The highest BCUT2D eigenvalue weighted by Gasteiger charge is 2.13. The van der Waals surface area contributed by atoms with Gasteiger partial charge in [0, 0.05) is 10.9 Å². The Morgan fingerprint density at radius 2 is 2.05 bits per heavy atom. The lowest BCUT2D eigenvalue weighted by Crippen LogP contribution is -2.15. The summed E-state index contributed by atoms with van der Waals surface area (Å²) in [6.45, 7) is 1.90.